The maximum atomic E-state index is 12.3. The Kier molecular flexibility index (Phi) is 8.92. The first-order valence-corrected chi connectivity index (χ1v) is 12.5. The normalized spacial score (nSPS) is 17.4. The Balaban J connectivity index is 1.20. The molecule has 1 amide bonds. The Labute approximate surface area is 215 Å². The van der Waals surface area contributed by atoms with Crippen molar-refractivity contribution < 1.29 is 28.9 Å². The molecule has 0 unspecified atom stereocenters. The number of anilines is 1. The number of nitrogens with zero attached hydrogens (tertiary/aromatic N) is 1. The molecule has 9 heteroatoms. The van der Waals surface area contributed by atoms with Crippen molar-refractivity contribution in [2.24, 2.45) is 0 Å². The van der Waals surface area contributed by atoms with E-state index in [1.807, 2.05) is 36.4 Å². The zero-order valence-corrected chi connectivity index (χ0v) is 20.9. The van der Waals surface area contributed by atoms with Gasteiger partial charge in [0.25, 0.3) is 0 Å². The van der Waals surface area contributed by atoms with E-state index < -0.39 is 5.97 Å². The van der Waals surface area contributed by atoms with Crippen LogP contribution in [-0.4, -0.2) is 53.9 Å². The Morgan fingerprint density at radius 2 is 1.76 bits per heavy atom. The summed E-state index contributed by atoms with van der Waals surface area (Å²) in [5, 5.41) is 13.1. The Morgan fingerprint density at radius 1 is 1.03 bits per heavy atom. The van der Waals surface area contributed by atoms with Gasteiger partial charge in [-0.05, 0) is 50.3 Å². The van der Waals surface area contributed by atoms with Crippen LogP contribution in [0.25, 0.3) is 10.9 Å². The standard InChI is InChI=1S/C28H33N3O6/c1-18-25(28(33)34)27(29)26-22(30-18)8-5-9-23(26)37-21-12-10-20(11-13-21)31-24(32)17-36-15-14-35-16-19-6-3-2-4-7-19/h2-9,20-21H,10-17H2,1H3,(H2,29,30)(H,31,32)(H,33,34). The number of amides is 1. The number of carboxylic acid groups (broad SMARTS) is 1. The van der Waals surface area contributed by atoms with E-state index in [9.17, 15) is 14.7 Å². The van der Waals surface area contributed by atoms with E-state index in [-0.39, 0.29) is 35.9 Å². The summed E-state index contributed by atoms with van der Waals surface area (Å²) in [5.41, 5.74) is 8.46. The molecule has 0 aliphatic heterocycles. The Morgan fingerprint density at radius 3 is 2.49 bits per heavy atom. The summed E-state index contributed by atoms with van der Waals surface area (Å²) >= 11 is 0. The van der Waals surface area contributed by atoms with Crippen LogP contribution in [0.15, 0.2) is 48.5 Å². The number of nitrogens with two attached hydrogens (primary N) is 1. The number of hydrogen-bond acceptors (Lipinski definition) is 7. The van der Waals surface area contributed by atoms with Gasteiger partial charge in [0, 0.05) is 6.04 Å². The molecule has 1 saturated carbocycles. The van der Waals surface area contributed by atoms with Crippen LogP contribution in [0.2, 0.25) is 0 Å². The second-order valence-corrected chi connectivity index (χ2v) is 9.19. The molecule has 0 bridgehead atoms. The number of pyridine rings is 1. The van der Waals surface area contributed by atoms with Crippen LogP contribution in [-0.2, 0) is 20.9 Å². The number of nitrogen functional groups attached to an aromatic ring is 1. The van der Waals surface area contributed by atoms with Crippen molar-refractivity contribution in [2.45, 2.75) is 51.4 Å². The molecular formula is C28H33N3O6. The first-order chi connectivity index (χ1) is 17.9. The molecule has 1 aliphatic carbocycles. The molecule has 196 valence electrons. The summed E-state index contributed by atoms with van der Waals surface area (Å²) in [4.78, 5) is 28.3. The molecule has 3 aromatic rings. The third-order valence-corrected chi connectivity index (χ3v) is 6.46. The zero-order chi connectivity index (χ0) is 26.2. The molecule has 0 atom stereocenters. The molecular weight excluding hydrogens is 474 g/mol. The highest BCUT2D eigenvalue weighted by molar-refractivity contribution is 6.06. The van der Waals surface area contributed by atoms with Gasteiger partial charge in [-0.15, -0.1) is 0 Å². The van der Waals surface area contributed by atoms with Gasteiger partial charge in [-0.1, -0.05) is 36.4 Å². The largest absolute Gasteiger partial charge is 0.490 e. The third-order valence-electron chi connectivity index (χ3n) is 6.46. The highest BCUT2D eigenvalue weighted by Crippen LogP contribution is 2.35. The van der Waals surface area contributed by atoms with E-state index >= 15 is 0 Å². The minimum Gasteiger partial charge on any atom is -0.490 e. The summed E-state index contributed by atoms with van der Waals surface area (Å²) in [5.74, 6) is -0.726. The molecule has 0 spiro atoms. The Bertz CT molecular complexity index is 1230. The molecule has 4 rings (SSSR count). The van der Waals surface area contributed by atoms with Crippen LogP contribution in [0, 0.1) is 6.92 Å². The van der Waals surface area contributed by atoms with Gasteiger partial charge in [0.1, 0.15) is 17.9 Å². The van der Waals surface area contributed by atoms with Gasteiger partial charge in [-0.25, -0.2) is 4.79 Å². The molecule has 1 aliphatic rings. The van der Waals surface area contributed by atoms with E-state index in [4.69, 9.17) is 19.9 Å². The van der Waals surface area contributed by atoms with Crippen molar-refractivity contribution in [1.29, 1.82) is 0 Å². The van der Waals surface area contributed by atoms with Crippen LogP contribution in [0.1, 0.15) is 47.3 Å². The smallest absolute Gasteiger partial charge is 0.339 e. The maximum absolute atomic E-state index is 12.3. The lowest BCUT2D eigenvalue weighted by Crippen LogP contribution is -2.41. The molecule has 1 aromatic heterocycles. The van der Waals surface area contributed by atoms with Crippen LogP contribution in [0.3, 0.4) is 0 Å². The monoisotopic (exact) mass is 507 g/mol. The predicted molar refractivity (Wildman–Crippen MR) is 140 cm³/mol. The van der Waals surface area contributed by atoms with Gasteiger partial charge in [-0.3, -0.25) is 9.78 Å². The van der Waals surface area contributed by atoms with Gasteiger partial charge in [0.15, 0.2) is 0 Å². The number of nitrogens with one attached hydrogen (secondary N) is 1. The number of benzene rings is 2. The van der Waals surface area contributed by atoms with E-state index in [1.54, 1.807) is 19.1 Å². The molecule has 9 nitrogen and oxygen atoms in total. The quantitative estimate of drug-likeness (QED) is 0.333. The fourth-order valence-electron chi connectivity index (χ4n) is 4.63. The van der Waals surface area contributed by atoms with Crippen molar-refractivity contribution in [1.82, 2.24) is 10.3 Å². The lowest BCUT2D eigenvalue weighted by Gasteiger charge is -2.30. The summed E-state index contributed by atoms with van der Waals surface area (Å²) in [6.07, 6.45) is 2.98. The third kappa shape index (κ3) is 6.96. The zero-order valence-electron chi connectivity index (χ0n) is 20.9. The van der Waals surface area contributed by atoms with Crippen molar-refractivity contribution in [3.63, 3.8) is 0 Å². The predicted octanol–water partition coefficient (Wildman–Crippen LogP) is 3.86. The first kappa shape index (κ1) is 26.4. The second kappa shape index (κ2) is 12.5. The topological polar surface area (TPSA) is 133 Å². The van der Waals surface area contributed by atoms with E-state index in [1.165, 1.54) is 0 Å². The molecule has 37 heavy (non-hydrogen) atoms. The number of aromatic carboxylic acids is 1. The lowest BCUT2D eigenvalue weighted by atomic mass is 9.93. The molecule has 1 heterocycles. The van der Waals surface area contributed by atoms with Gasteiger partial charge in [0.05, 0.1) is 48.2 Å². The highest BCUT2D eigenvalue weighted by atomic mass is 16.5. The van der Waals surface area contributed by atoms with Crippen LogP contribution < -0.4 is 15.8 Å². The number of hydrogen-bond donors (Lipinski definition) is 3. The molecule has 0 radical (unpaired) electrons. The fourth-order valence-corrected chi connectivity index (χ4v) is 4.63. The highest BCUT2D eigenvalue weighted by Gasteiger charge is 2.25. The minimum atomic E-state index is -1.11. The summed E-state index contributed by atoms with van der Waals surface area (Å²) in [6, 6.07) is 15.4. The number of aromatic nitrogens is 1. The summed E-state index contributed by atoms with van der Waals surface area (Å²) in [7, 11) is 0. The van der Waals surface area contributed by atoms with Gasteiger partial charge >= 0.3 is 5.97 Å². The number of aryl methyl sites for hydroxylation is 1. The number of carbonyl (C=O) groups is 2. The minimum absolute atomic E-state index is 0.0000496. The fraction of sp³-hybridized carbons (Fsp3) is 0.393. The van der Waals surface area contributed by atoms with Gasteiger partial charge in [-0.2, -0.15) is 0 Å². The van der Waals surface area contributed by atoms with Crippen molar-refractivity contribution in [3.05, 3.63) is 65.4 Å². The number of carbonyl (C=O) groups excluding carboxylic acids is 1. The van der Waals surface area contributed by atoms with Crippen molar-refractivity contribution in [2.75, 3.05) is 25.6 Å². The molecule has 1 fully saturated rings. The molecule has 2 aromatic carbocycles. The molecule has 4 N–H and O–H groups in total. The van der Waals surface area contributed by atoms with E-state index in [2.05, 4.69) is 10.3 Å². The van der Waals surface area contributed by atoms with Crippen LogP contribution >= 0.6 is 0 Å². The van der Waals surface area contributed by atoms with Crippen molar-refractivity contribution in [3.8, 4) is 5.75 Å². The molecule has 0 saturated heterocycles. The van der Waals surface area contributed by atoms with E-state index in [0.29, 0.717) is 42.2 Å². The number of ether oxygens (including phenoxy) is 3. The van der Waals surface area contributed by atoms with Crippen LogP contribution in [0.4, 0.5) is 5.69 Å². The van der Waals surface area contributed by atoms with Crippen LogP contribution in [0.5, 0.6) is 5.75 Å². The van der Waals surface area contributed by atoms with Gasteiger partial charge in [0.2, 0.25) is 5.91 Å². The average molecular weight is 508 g/mol. The SMILES string of the molecule is Cc1nc2cccc(OC3CCC(NC(=O)COCCOCc4ccccc4)CC3)c2c(N)c1C(=O)O. The Hall–Kier alpha value is -3.69. The number of carboxylic acids is 1. The van der Waals surface area contributed by atoms with Gasteiger partial charge < -0.3 is 30.4 Å². The summed E-state index contributed by atoms with van der Waals surface area (Å²) in [6.45, 7) is 2.93. The number of fused-ring (bicyclic) bond motifs is 1. The van der Waals surface area contributed by atoms with Crippen molar-refractivity contribution >= 4 is 28.5 Å². The second-order valence-electron chi connectivity index (χ2n) is 9.19. The summed E-state index contributed by atoms with van der Waals surface area (Å²) < 4.78 is 17.2. The maximum Gasteiger partial charge on any atom is 0.339 e. The van der Waals surface area contributed by atoms with E-state index in [0.717, 1.165) is 31.2 Å². The first-order valence-electron chi connectivity index (χ1n) is 12.5. The lowest BCUT2D eigenvalue weighted by molar-refractivity contribution is -0.127. The number of rotatable bonds is 11. The average Bonchev–Trinajstić information content (AvgIpc) is 2.87.